The van der Waals surface area contributed by atoms with Crippen LogP contribution in [-0.2, 0) is 11.3 Å². The van der Waals surface area contributed by atoms with E-state index < -0.39 is 5.97 Å². The van der Waals surface area contributed by atoms with Crippen molar-refractivity contribution in [2.24, 2.45) is 0 Å². The average molecular weight is 306 g/mol. The fraction of sp³-hybridized carbons (Fsp3) is 0.667. The number of carboxylic acid groups (broad SMARTS) is 1. The second kappa shape index (κ2) is 6.08. The molecule has 0 radical (unpaired) electrons. The third-order valence-corrected chi connectivity index (χ3v) is 4.89. The SMILES string of the molecule is CN1C2CCC1CC(NC(=O)CCn1ccc(C(=O)O)n1)C2. The van der Waals surface area contributed by atoms with Gasteiger partial charge in [-0.15, -0.1) is 0 Å². The van der Waals surface area contributed by atoms with Crippen molar-refractivity contribution in [1.29, 1.82) is 0 Å². The summed E-state index contributed by atoms with van der Waals surface area (Å²) >= 11 is 0. The van der Waals surface area contributed by atoms with Crippen LogP contribution in [0.2, 0.25) is 0 Å². The fourth-order valence-electron chi connectivity index (χ4n) is 3.65. The molecule has 7 nitrogen and oxygen atoms in total. The highest BCUT2D eigenvalue weighted by Crippen LogP contribution is 2.34. The third kappa shape index (κ3) is 3.14. The Morgan fingerprint density at radius 1 is 1.36 bits per heavy atom. The summed E-state index contributed by atoms with van der Waals surface area (Å²) in [6.45, 7) is 0.401. The summed E-state index contributed by atoms with van der Waals surface area (Å²) in [7, 11) is 2.18. The van der Waals surface area contributed by atoms with Crippen LogP contribution in [0.5, 0.6) is 0 Å². The van der Waals surface area contributed by atoms with E-state index in [4.69, 9.17) is 5.11 Å². The van der Waals surface area contributed by atoms with Gasteiger partial charge in [0.05, 0.1) is 0 Å². The molecule has 1 aromatic heterocycles. The fourth-order valence-corrected chi connectivity index (χ4v) is 3.65. The molecule has 2 aliphatic rings. The molecule has 0 spiro atoms. The van der Waals surface area contributed by atoms with E-state index in [0.717, 1.165) is 12.8 Å². The van der Waals surface area contributed by atoms with Gasteiger partial charge >= 0.3 is 5.97 Å². The maximum Gasteiger partial charge on any atom is 0.356 e. The highest BCUT2D eigenvalue weighted by atomic mass is 16.4. The number of nitrogens with zero attached hydrogens (tertiary/aromatic N) is 3. The quantitative estimate of drug-likeness (QED) is 0.836. The highest BCUT2D eigenvalue weighted by molar-refractivity contribution is 5.85. The maximum absolute atomic E-state index is 12.1. The summed E-state index contributed by atoms with van der Waals surface area (Å²) < 4.78 is 1.50. The largest absolute Gasteiger partial charge is 0.476 e. The predicted molar refractivity (Wildman–Crippen MR) is 79.5 cm³/mol. The Morgan fingerprint density at radius 2 is 2.05 bits per heavy atom. The minimum atomic E-state index is -1.05. The monoisotopic (exact) mass is 306 g/mol. The molecule has 0 aromatic carbocycles. The van der Waals surface area contributed by atoms with Crippen molar-refractivity contribution in [2.45, 2.75) is 56.8 Å². The zero-order valence-corrected chi connectivity index (χ0v) is 12.7. The van der Waals surface area contributed by atoms with Gasteiger partial charge in [-0.25, -0.2) is 4.79 Å². The van der Waals surface area contributed by atoms with Crippen LogP contribution < -0.4 is 5.32 Å². The van der Waals surface area contributed by atoms with Crippen molar-refractivity contribution in [1.82, 2.24) is 20.0 Å². The molecule has 3 heterocycles. The van der Waals surface area contributed by atoms with E-state index in [1.807, 2.05) is 0 Å². The number of carboxylic acids is 1. The number of aromatic carboxylic acids is 1. The lowest BCUT2D eigenvalue weighted by atomic mass is 9.98. The van der Waals surface area contributed by atoms with Gasteiger partial charge in [0, 0.05) is 37.3 Å². The number of aryl methyl sites for hydroxylation is 1. The first-order chi connectivity index (χ1) is 10.5. The van der Waals surface area contributed by atoms with Crippen LogP contribution in [0.15, 0.2) is 12.3 Å². The van der Waals surface area contributed by atoms with Crippen molar-refractivity contribution in [3.8, 4) is 0 Å². The lowest BCUT2D eigenvalue weighted by molar-refractivity contribution is -0.122. The Bertz CT molecular complexity index is 557. The average Bonchev–Trinajstić information content (AvgIpc) is 3.01. The normalized spacial score (nSPS) is 27.8. The first-order valence-electron chi connectivity index (χ1n) is 7.81. The molecule has 1 amide bonds. The second-order valence-corrected chi connectivity index (χ2v) is 6.31. The molecule has 1 aromatic rings. The van der Waals surface area contributed by atoms with Crippen LogP contribution in [0.3, 0.4) is 0 Å². The number of rotatable bonds is 5. The molecule has 2 N–H and O–H groups in total. The van der Waals surface area contributed by atoms with Crippen molar-refractivity contribution >= 4 is 11.9 Å². The number of aromatic nitrogens is 2. The van der Waals surface area contributed by atoms with Crippen LogP contribution in [0.25, 0.3) is 0 Å². The van der Waals surface area contributed by atoms with Gasteiger partial charge < -0.3 is 15.3 Å². The standard InChI is InChI=1S/C15H22N4O3/c1-18-11-2-3-12(18)9-10(8-11)16-14(20)5-7-19-6-4-13(17-19)15(21)22/h4,6,10-12H,2-3,5,7-9H2,1H3,(H,16,20)(H,21,22). The molecule has 0 aliphatic carbocycles. The molecule has 2 atom stereocenters. The molecule has 22 heavy (non-hydrogen) atoms. The predicted octanol–water partition coefficient (Wildman–Crippen LogP) is 0.713. The number of amides is 1. The lowest BCUT2D eigenvalue weighted by Crippen LogP contribution is -2.48. The summed E-state index contributed by atoms with van der Waals surface area (Å²) in [5, 5.41) is 15.8. The van der Waals surface area contributed by atoms with Gasteiger partial charge in [0.15, 0.2) is 5.69 Å². The molecule has 2 unspecified atom stereocenters. The molecule has 2 aliphatic heterocycles. The Morgan fingerprint density at radius 3 is 2.64 bits per heavy atom. The number of hydrogen-bond donors (Lipinski definition) is 2. The minimum absolute atomic E-state index is 0.00676. The van der Waals surface area contributed by atoms with Crippen molar-refractivity contribution in [2.75, 3.05) is 7.05 Å². The van der Waals surface area contributed by atoms with E-state index in [1.54, 1.807) is 6.20 Å². The smallest absolute Gasteiger partial charge is 0.356 e. The van der Waals surface area contributed by atoms with Crippen LogP contribution >= 0.6 is 0 Å². The maximum atomic E-state index is 12.1. The number of hydrogen-bond acceptors (Lipinski definition) is 4. The van der Waals surface area contributed by atoms with Gasteiger partial charge in [-0.05, 0) is 38.8 Å². The topological polar surface area (TPSA) is 87.5 Å². The highest BCUT2D eigenvalue weighted by Gasteiger charge is 2.38. The molecular formula is C15H22N4O3. The Hall–Kier alpha value is -1.89. The summed E-state index contributed by atoms with van der Waals surface area (Å²) in [6, 6.07) is 2.92. The summed E-state index contributed by atoms with van der Waals surface area (Å²) in [5.41, 5.74) is 0.00676. The third-order valence-electron chi connectivity index (χ3n) is 4.89. The lowest BCUT2D eigenvalue weighted by Gasteiger charge is -2.36. The van der Waals surface area contributed by atoms with Crippen LogP contribution in [0.4, 0.5) is 0 Å². The van der Waals surface area contributed by atoms with Crippen molar-refractivity contribution < 1.29 is 14.7 Å². The molecule has 120 valence electrons. The first kappa shape index (κ1) is 15.0. The minimum Gasteiger partial charge on any atom is -0.476 e. The molecule has 0 saturated carbocycles. The van der Waals surface area contributed by atoms with Crippen LogP contribution in [0, 0.1) is 0 Å². The number of piperidine rings is 1. The van der Waals surface area contributed by atoms with E-state index in [1.165, 1.54) is 23.6 Å². The summed E-state index contributed by atoms with van der Waals surface area (Å²) in [6.07, 6.45) is 6.44. The number of fused-ring (bicyclic) bond motifs is 2. The van der Waals surface area contributed by atoms with E-state index in [9.17, 15) is 9.59 Å². The van der Waals surface area contributed by atoms with E-state index in [-0.39, 0.29) is 17.6 Å². The van der Waals surface area contributed by atoms with Gasteiger partial charge in [-0.1, -0.05) is 0 Å². The molecule has 3 rings (SSSR count). The van der Waals surface area contributed by atoms with Gasteiger partial charge in [0.25, 0.3) is 0 Å². The molecule has 2 fully saturated rings. The number of carbonyl (C=O) groups excluding carboxylic acids is 1. The molecule has 7 heteroatoms. The van der Waals surface area contributed by atoms with Gasteiger partial charge in [0.1, 0.15) is 0 Å². The van der Waals surface area contributed by atoms with Crippen molar-refractivity contribution in [3.63, 3.8) is 0 Å². The number of carbonyl (C=O) groups is 2. The van der Waals surface area contributed by atoms with Crippen LogP contribution in [0.1, 0.15) is 42.6 Å². The first-order valence-corrected chi connectivity index (χ1v) is 7.81. The summed E-state index contributed by atoms with van der Waals surface area (Å²) in [4.78, 5) is 25.3. The van der Waals surface area contributed by atoms with Gasteiger partial charge in [-0.2, -0.15) is 5.10 Å². The van der Waals surface area contributed by atoms with Gasteiger partial charge in [-0.3, -0.25) is 9.48 Å². The Kier molecular flexibility index (Phi) is 4.15. The molecule has 2 bridgehead atoms. The summed E-state index contributed by atoms with van der Waals surface area (Å²) in [5.74, 6) is -1.04. The van der Waals surface area contributed by atoms with E-state index in [2.05, 4.69) is 22.4 Å². The zero-order valence-electron chi connectivity index (χ0n) is 12.7. The van der Waals surface area contributed by atoms with E-state index in [0.29, 0.717) is 25.0 Å². The Balaban J connectivity index is 1.45. The molecule has 2 saturated heterocycles. The Labute approximate surface area is 129 Å². The zero-order chi connectivity index (χ0) is 15.7. The second-order valence-electron chi connectivity index (χ2n) is 6.31. The van der Waals surface area contributed by atoms with Crippen molar-refractivity contribution in [3.05, 3.63) is 18.0 Å². The van der Waals surface area contributed by atoms with E-state index >= 15 is 0 Å². The number of nitrogens with one attached hydrogen (secondary N) is 1. The van der Waals surface area contributed by atoms with Crippen LogP contribution in [-0.4, -0.2) is 56.8 Å². The molecular weight excluding hydrogens is 284 g/mol. The van der Waals surface area contributed by atoms with Gasteiger partial charge in [0.2, 0.25) is 5.91 Å².